The van der Waals surface area contributed by atoms with Gasteiger partial charge in [-0.25, -0.2) is 4.79 Å². The summed E-state index contributed by atoms with van der Waals surface area (Å²) in [6.45, 7) is 8.63. The fraction of sp³-hybridized carbons (Fsp3) is 0.926. The Kier molecular flexibility index (Phi) is 6.32. The van der Waals surface area contributed by atoms with E-state index >= 15 is 0 Å². The maximum atomic E-state index is 13.5. The van der Waals surface area contributed by atoms with Crippen molar-refractivity contribution < 1.29 is 9.59 Å². The first-order chi connectivity index (χ1) is 15.4. The van der Waals surface area contributed by atoms with Crippen LogP contribution in [-0.2, 0) is 4.79 Å². The molecule has 8 atom stereocenters. The van der Waals surface area contributed by atoms with Crippen molar-refractivity contribution in [2.75, 3.05) is 39.8 Å². The van der Waals surface area contributed by atoms with Crippen molar-refractivity contribution >= 4 is 11.8 Å². The summed E-state index contributed by atoms with van der Waals surface area (Å²) in [5, 5.41) is 2.71. The Labute approximate surface area is 195 Å². The van der Waals surface area contributed by atoms with Gasteiger partial charge in [-0.3, -0.25) is 9.69 Å². The first-order valence-corrected chi connectivity index (χ1v) is 13.6. The Morgan fingerprint density at radius 1 is 0.906 bits per heavy atom. The maximum absolute atomic E-state index is 13.5. The Balaban J connectivity index is 1.21. The standard InChI is InChI=1S/C27H45N3O2/c1-18-4-6-20-19(16-18)5-7-22-21(20)10-11-27(2)23(22)8-9-24(27)25(31)17-29-12-14-30(15-13-29)26(32)28-3/h18-24H,4-17H2,1-3H3,(H,28,32). The highest BCUT2D eigenvalue weighted by atomic mass is 16.2. The number of hydrogen-bond acceptors (Lipinski definition) is 3. The normalized spacial score (nSPS) is 44.3. The SMILES string of the molecule is CNC(=O)N1CCN(CC(=O)C2CCC3C4CCC5CC(C)CCC5C4CCC23C)CC1. The van der Waals surface area contributed by atoms with Crippen molar-refractivity contribution in [3.63, 3.8) is 0 Å². The van der Waals surface area contributed by atoms with E-state index in [1.54, 1.807) is 7.05 Å². The molecule has 2 amide bonds. The van der Waals surface area contributed by atoms with Gasteiger partial charge in [0.05, 0.1) is 6.54 Å². The van der Waals surface area contributed by atoms with E-state index in [0.29, 0.717) is 12.3 Å². The van der Waals surface area contributed by atoms with Crippen molar-refractivity contribution in [1.29, 1.82) is 0 Å². The number of Topliss-reactive ketones (excluding diaryl/α,β-unsaturated/α-hetero) is 1. The number of fused-ring (bicyclic) bond motifs is 5. The van der Waals surface area contributed by atoms with Gasteiger partial charge in [0, 0.05) is 39.1 Å². The van der Waals surface area contributed by atoms with Crippen LogP contribution in [0.15, 0.2) is 0 Å². The number of piperazine rings is 1. The number of ketones is 1. The van der Waals surface area contributed by atoms with E-state index in [2.05, 4.69) is 24.1 Å². The predicted molar refractivity (Wildman–Crippen MR) is 127 cm³/mol. The number of urea groups is 1. The van der Waals surface area contributed by atoms with Gasteiger partial charge >= 0.3 is 6.03 Å². The zero-order valence-electron chi connectivity index (χ0n) is 20.7. The first-order valence-electron chi connectivity index (χ1n) is 13.6. The van der Waals surface area contributed by atoms with Crippen LogP contribution in [0.2, 0.25) is 0 Å². The molecule has 0 aromatic heterocycles. The van der Waals surface area contributed by atoms with Crippen LogP contribution >= 0.6 is 0 Å². The third-order valence-electron chi connectivity index (χ3n) is 10.9. The van der Waals surface area contributed by atoms with Crippen LogP contribution in [0.4, 0.5) is 4.79 Å². The molecule has 1 heterocycles. The van der Waals surface area contributed by atoms with E-state index in [-0.39, 0.29) is 17.4 Å². The summed E-state index contributed by atoms with van der Waals surface area (Å²) < 4.78 is 0. The van der Waals surface area contributed by atoms with Gasteiger partial charge in [-0.15, -0.1) is 0 Å². The summed E-state index contributed by atoms with van der Waals surface area (Å²) in [6, 6.07) is 0.000950. The minimum atomic E-state index is 0.000950. The molecule has 4 saturated carbocycles. The third kappa shape index (κ3) is 3.91. The molecule has 5 aliphatic rings. The molecule has 32 heavy (non-hydrogen) atoms. The van der Waals surface area contributed by atoms with Gasteiger partial charge in [0.15, 0.2) is 0 Å². The molecule has 1 saturated heterocycles. The molecule has 0 spiro atoms. The van der Waals surface area contributed by atoms with E-state index in [4.69, 9.17) is 0 Å². The highest BCUT2D eigenvalue weighted by Gasteiger charge is 2.58. The van der Waals surface area contributed by atoms with Gasteiger partial charge in [0.1, 0.15) is 5.78 Å². The molecule has 0 radical (unpaired) electrons. The topological polar surface area (TPSA) is 52.7 Å². The van der Waals surface area contributed by atoms with Crippen molar-refractivity contribution in [3.8, 4) is 0 Å². The van der Waals surface area contributed by atoms with Crippen LogP contribution in [0.1, 0.15) is 71.6 Å². The van der Waals surface area contributed by atoms with E-state index in [1.165, 1.54) is 51.4 Å². The molecule has 180 valence electrons. The smallest absolute Gasteiger partial charge is 0.317 e. The molecule has 5 nitrogen and oxygen atoms in total. The average molecular weight is 444 g/mol. The highest BCUT2D eigenvalue weighted by molar-refractivity contribution is 5.84. The fourth-order valence-electron chi connectivity index (χ4n) is 9.21. The summed E-state index contributed by atoms with van der Waals surface area (Å²) >= 11 is 0. The predicted octanol–water partition coefficient (Wildman–Crippen LogP) is 4.42. The zero-order chi connectivity index (χ0) is 22.5. The van der Waals surface area contributed by atoms with Gasteiger partial charge in [0.25, 0.3) is 0 Å². The van der Waals surface area contributed by atoms with Crippen LogP contribution in [0, 0.1) is 46.8 Å². The lowest BCUT2D eigenvalue weighted by Crippen LogP contribution is -2.53. The van der Waals surface area contributed by atoms with E-state index in [9.17, 15) is 9.59 Å². The van der Waals surface area contributed by atoms with Crippen LogP contribution in [0.3, 0.4) is 0 Å². The minimum absolute atomic E-state index is 0.000950. The second-order valence-corrected chi connectivity index (χ2v) is 12.3. The molecule has 4 aliphatic carbocycles. The number of carbonyl (C=O) groups is 2. The molecule has 1 aliphatic heterocycles. The summed E-state index contributed by atoms with van der Waals surface area (Å²) in [4.78, 5) is 29.5. The second kappa shape index (κ2) is 8.92. The number of amides is 2. The zero-order valence-corrected chi connectivity index (χ0v) is 20.7. The number of hydrogen-bond donors (Lipinski definition) is 1. The highest BCUT2D eigenvalue weighted by Crippen LogP contribution is 2.64. The van der Waals surface area contributed by atoms with E-state index < -0.39 is 0 Å². The molecular weight excluding hydrogens is 398 g/mol. The summed E-state index contributed by atoms with van der Waals surface area (Å²) in [6.07, 6.45) is 12.3. The molecule has 5 rings (SSSR count). The molecule has 5 heteroatoms. The quantitative estimate of drug-likeness (QED) is 0.703. The van der Waals surface area contributed by atoms with Gasteiger partial charge in [-0.2, -0.15) is 0 Å². The molecule has 0 aromatic carbocycles. The third-order valence-corrected chi connectivity index (χ3v) is 10.9. The monoisotopic (exact) mass is 443 g/mol. The van der Waals surface area contributed by atoms with E-state index in [0.717, 1.165) is 68.1 Å². The summed E-state index contributed by atoms with van der Waals surface area (Å²) in [7, 11) is 1.69. The lowest BCUT2D eigenvalue weighted by molar-refractivity contribution is -0.132. The minimum Gasteiger partial charge on any atom is -0.341 e. The van der Waals surface area contributed by atoms with Gasteiger partial charge in [-0.1, -0.05) is 20.3 Å². The van der Waals surface area contributed by atoms with Crippen LogP contribution in [0.5, 0.6) is 0 Å². The number of nitrogens with zero attached hydrogens (tertiary/aromatic N) is 2. The summed E-state index contributed by atoms with van der Waals surface area (Å²) in [5.41, 5.74) is 0.233. The van der Waals surface area contributed by atoms with Gasteiger partial charge in [0.2, 0.25) is 0 Å². The second-order valence-electron chi connectivity index (χ2n) is 12.3. The van der Waals surface area contributed by atoms with Crippen LogP contribution < -0.4 is 5.32 Å². The molecule has 8 unspecified atom stereocenters. The Bertz CT molecular complexity index is 718. The fourth-order valence-corrected chi connectivity index (χ4v) is 9.21. The molecule has 5 fully saturated rings. The number of carbonyl (C=O) groups excluding carboxylic acids is 2. The summed E-state index contributed by atoms with van der Waals surface area (Å²) in [5.74, 6) is 6.28. The van der Waals surface area contributed by atoms with Gasteiger partial charge in [-0.05, 0) is 92.3 Å². The maximum Gasteiger partial charge on any atom is 0.317 e. The van der Waals surface area contributed by atoms with Crippen LogP contribution in [0.25, 0.3) is 0 Å². The van der Waals surface area contributed by atoms with Gasteiger partial charge < -0.3 is 10.2 Å². The lowest BCUT2D eigenvalue weighted by Gasteiger charge is -2.56. The lowest BCUT2D eigenvalue weighted by atomic mass is 9.49. The average Bonchev–Trinajstić information content (AvgIpc) is 3.16. The Morgan fingerprint density at radius 2 is 1.66 bits per heavy atom. The first kappa shape index (κ1) is 22.7. The van der Waals surface area contributed by atoms with E-state index in [1.807, 2.05) is 4.90 Å². The van der Waals surface area contributed by atoms with Crippen molar-refractivity contribution in [2.24, 2.45) is 46.8 Å². The molecule has 0 aromatic rings. The molecular formula is C27H45N3O2. The van der Waals surface area contributed by atoms with Crippen LogP contribution in [-0.4, -0.2) is 61.4 Å². The van der Waals surface area contributed by atoms with Crippen molar-refractivity contribution in [1.82, 2.24) is 15.1 Å². The molecule has 1 N–H and O–H groups in total. The molecule has 0 bridgehead atoms. The Hall–Kier alpha value is -1.10. The Morgan fingerprint density at radius 3 is 2.41 bits per heavy atom. The largest absolute Gasteiger partial charge is 0.341 e. The number of rotatable bonds is 3. The van der Waals surface area contributed by atoms with Crippen molar-refractivity contribution in [2.45, 2.75) is 71.6 Å². The van der Waals surface area contributed by atoms with Crippen molar-refractivity contribution in [3.05, 3.63) is 0 Å². The number of nitrogens with one attached hydrogen (secondary N) is 1.